The van der Waals surface area contributed by atoms with E-state index >= 15 is 0 Å². The summed E-state index contributed by atoms with van der Waals surface area (Å²) >= 11 is 24.5. The van der Waals surface area contributed by atoms with Crippen molar-refractivity contribution in [3.05, 3.63) is 90.6 Å². The highest BCUT2D eigenvalue weighted by atomic mass is 35.5. The van der Waals surface area contributed by atoms with Crippen molar-refractivity contribution in [3.63, 3.8) is 0 Å². The molecule has 3 aromatic rings. The molecular weight excluding hydrogens is 478 g/mol. The third-order valence-corrected chi connectivity index (χ3v) is 6.51. The van der Waals surface area contributed by atoms with Gasteiger partial charge >= 0.3 is 0 Å². The standard InChI is InChI=1S/C22H18Cl4N4O/c1-11-7-19-28-12(2)20(22(31)27-10-13-3-5-15(23)17(25)8-13)21(30(19)29-11)14-4-6-16(24)18(26)9-14/h3-9,21,28H,10H2,1-2H3,(H,27,31). The van der Waals surface area contributed by atoms with Crippen LogP contribution in [0.3, 0.4) is 0 Å². The summed E-state index contributed by atoms with van der Waals surface area (Å²) in [5.74, 6) is 0.568. The molecule has 2 N–H and O–H groups in total. The van der Waals surface area contributed by atoms with E-state index in [4.69, 9.17) is 46.4 Å². The Bertz CT molecular complexity index is 1220. The Morgan fingerprint density at radius 3 is 2.35 bits per heavy atom. The molecule has 0 saturated carbocycles. The van der Waals surface area contributed by atoms with Crippen molar-refractivity contribution >= 4 is 58.1 Å². The zero-order valence-corrected chi connectivity index (χ0v) is 19.7. The molecule has 5 nitrogen and oxygen atoms in total. The molecule has 0 spiro atoms. The summed E-state index contributed by atoms with van der Waals surface area (Å²) in [6.07, 6.45) is 0. The highest BCUT2D eigenvalue weighted by molar-refractivity contribution is 6.42. The lowest BCUT2D eigenvalue weighted by atomic mass is 9.94. The molecule has 0 fully saturated rings. The van der Waals surface area contributed by atoms with E-state index in [-0.39, 0.29) is 5.91 Å². The number of carbonyl (C=O) groups excluding carboxylic acids is 1. The van der Waals surface area contributed by atoms with Gasteiger partial charge in [-0.15, -0.1) is 0 Å². The second-order valence-corrected chi connectivity index (χ2v) is 8.92. The molecule has 1 atom stereocenters. The summed E-state index contributed by atoms with van der Waals surface area (Å²) in [6.45, 7) is 4.06. The molecule has 4 rings (SSSR count). The van der Waals surface area contributed by atoms with E-state index < -0.39 is 6.04 Å². The van der Waals surface area contributed by atoms with Crippen LogP contribution in [0.5, 0.6) is 0 Å². The summed E-state index contributed by atoms with van der Waals surface area (Å²) < 4.78 is 1.79. The number of amides is 1. The molecule has 1 aliphatic rings. The highest BCUT2D eigenvalue weighted by Crippen LogP contribution is 2.38. The monoisotopic (exact) mass is 494 g/mol. The second-order valence-electron chi connectivity index (χ2n) is 7.29. The lowest BCUT2D eigenvalue weighted by Gasteiger charge is -2.30. The summed E-state index contributed by atoms with van der Waals surface area (Å²) in [5.41, 5.74) is 3.74. The average molecular weight is 496 g/mol. The fourth-order valence-electron chi connectivity index (χ4n) is 3.61. The Balaban J connectivity index is 1.69. The van der Waals surface area contributed by atoms with Crippen LogP contribution in [0.2, 0.25) is 20.1 Å². The lowest BCUT2D eigenvalue weighted by Crippen LogP contribution is -2.34. The third-order valence-electron chi connectivity index (χ3n) is 5.04. The van der Waals surface area contributed by atoms with Gasteiger partial charge in [0.15, 0.2) is 0 Å². The molecule has 1 amide bonds. The Hall–Kier alpha value is -2.18. The van der Waals surface area contributed by atoms with Crippen LogP contribution in [0.1, 0.15) is 29.8 Å². The number of halogens is 4. The van der Waals surface area contributed by atoms with Crippen LogP contribution < -0.4 is 10.6 Å². The van der Waals surface area contributed by atoms with Crippen LogP contribution in [0.15, 0.2) is 53.7 Å². The fraction of sp³-hybridized carbons (Fsp3) is 0.182. The second kappa shape index (κ2) is 8.75. The smallest absolute Gasteiger partial charge is 0.251 e. The van der Waals surface area contributed by atoms with Gasteiger partial charge < -0.3 is 10.6 Å². The van der Waals surface area contributed by atoms with Gasteiger partial charge in [-0.1, -0.05) is 58.5 Å². The van der Waals surface area contributed by atoms with E-state index in [1.807, 2.05) is 32.0 Å². The van der Waals surface area contributed by atoms with Crippen molar-refractivity contribution in [1.82, 2.24) is 15.1 Å². The summed E-state index contributed by atoms with van der Waals surface area (Å²) in [5, 5.41) is 12.6. The van der Waals surface area contributed by atoms with E-state index in [9.17, 15) is 4.79 Å². The molecule has 0 radical (unpaired) electrons. The van der Waals surface area contributed by atoms with E-state index in [0.29, 0.717) is 32.2 Å². The molecule has 1 unspecified atom stereocenters. The number of hydrogen-bond donors (Lipinski definition) is 2. The molecule has 0 aliphatic carbocycles. The first kappa shape index (κ1) is 22.0. The minimum Gasteiger partial charge on any atom is -0.348 e. The number of nitrogens with zero attached hydrogens (tertiary/aromatic N) is 2. The van der Waals surface area contributed by atoms with Gasteiger partial charge in [-0.25, -0.2) is 4.68 Å². The fourth-order valence-corrected chi connectivity index (χ4v) is 4.23. The number of aryl methyl sites for hydroxylation is 1. The summed E-state index contributed by atoms with van der Waals surface area (Å²) in [6, 6.07) is 12.1. The molecule has 2 aromatic carbocycles. The first-order valence-electron chi connectivity index (χ1n) is 9.45. The maximum atomic E-state index is 13.3. The number of hydrogen-bond acceptors (Lipinski definition) is 3. The van der Waals surface area contributed by atoms with Gasteiger partial charge in [0.25, 0.3) is 5.91 Å². The van der Waals surface area contributed by atoms with Gasteiger partial charge in [-0.05, 0) is 49.2 Å². The molecule has 31 heavy (non-hydrogen) atoms. The highest BCUT2D eigenvalue weighted by Gasteiger charge is 2.33. The Morgan fingerprint density at radius 1 is 1.00 bits per heavy atom. The van der Waals surface area contributed by atoms with Crippen molar-refractivity contribution in [2.75, 3.05) is 5.32 Å². The van der Waals surface area contributed by atoms with Gasteiger partial charge in [0, 0.05) is 18.3 Å². The number of fused-ring (bicyclic) bond motifs is 1. The van der Waals surface area contributed by atoms with Crippen LogP contribution in [-0.4, -0.2) is 15.7 Å². The SMILES string of the molecule is CC1=C(C(=O)NCc2ccc(Cl)c(Cl)c2)C(c2ccc(Cl)c(Cl)c2)n2nc(C)cc2N1. The number of aromatic nitrogens is 2. The molecule has 9 heteroatoms. The predicted molar refractivity (Wildman–Crippen MR) is 126 cm³/mol. The normalized spacial score (nSPS) is 15.5. The van der Waals surface area contributed by atoms with E-state index in [1.54, 1.807) is 28.9 Å². The molecule has 160 valence electrons. The third kappa shape index (κ3) is 4.41. The maximum absolute atomic E-state index is 13.3. The molecule has 2 heterocycles. The van der Waals surface area contributed by atoms with Crippen molar-refractivity contribution in [3.8, 4) is 0 Å². The van der Waals surface area contributed by atoms with Crippen LogP contribution in [0.4, 0.5) is 5.82 Å². The quantitative estimate of drug-likeness (QED) is 0.439. The predicted octanol–water partition coefficient (Wildman–Crippen LogP) is 6.41. The topological polar surface area (TPSA) is 59.0 Å². The zero-order chi connectivity index (χ0) is 22.3. The number of benzene rings is 2. The minimum atomic E-state index is -0.464. The van der Waals surface area contributed by atoms with Gasteiger partial charge in [0.05, 0.1) is 31.4 Å². The molecular formula is C22H18Cl4N4O. The van der Waals surface area contributed by atoms with Crippen LogP contribution in [0, 0.1) is 6.92 Å². The van der Waals surface area contributed by atoms with Crippen molar-refractivity contribution < 1.29 is 4.79 Å². The Kier molecular flexibility index (Phi) is 6.22. The number of rotatable bonds is 4. The molecule has 0 bridgehead atoms. The average Bonchev–Trinajstić information content (AvgIpc) is 3.09. The Morgan fingerprint density at radius 2 is 1.68 bits per heavy atom. The van der Waals surface area contributed by atoms with Gasteiger partial charge in [0.1, 0.15) is 11.9 Å². The maximum Gasteiger partial charge on any atom is 0.251 e. The first-order valence-corrected chi connectivity index (χ1v) is 11.0. The van der Waals surface area contributed by atoms with Crippen LogP contribution >= 0.6 is 46.4 Å². The lowest BCUT2D eigenvalue weighted by molar-refractivity contribution is -0.118. The van der Waals surface area contributed by atoms with Crippen LogP contribution in [-0.2, 0) is 11.3 Å². The summed E-state index contributed by atoms with van der Waals surface area (Å²) in [4.78, 5) is 13.3. The molecule has 1 aromatic heterocycles. The number of carbonyl (C=O) groups is 1. The van der Waals surface area contributed by atoms with Crippen molar-refractivity contribution in [2.45, 2.75) is 26.4 Å². The summed E-state index contributed by atoms with van der Waals surface area (Å²) in [7, 11) is 0. The van der Waals surface area contributed by atoms with Crippen LogP contribution in [0.25, 0.3) is 0 Å². The molecule has 0 saturated heterocycles. The number of nitrogens with one attached hydrogen (secondary N) is 2. The zero-order valence-electron chi connectivity index (χ0n) is 16.6. The first-order chi connectivity index (χ1) is 14.7. The van der Waals surface area contributed by atoms with Gasteiger partial charge in [-0.2, -0.15) is 5.10 Å². The van der Waals surface area contributed by atoms with E-state index in [0.717, 1.165) is 28.3 Å². The van der Waals surface area contributed by atoms with Gasteiger partial charge in [0.2, 0.25) is 0 Å². The number of anilines is 1. The minimum absolute atomic E-state index is 0.231. The van der Waals surface area contributed by atoms with E-state index in [1.165, 1.54) is 0 Å². The molecule has 1 aliphatic heterocycles. The largest absolute Gasteiger partial charge is 0.348 e. The Labute approximate surface area is 199 Å². The van der Waals surface area contributed by atoms with Crippen molar-refractivity contribution in [2.24, 2.45) is 0 Å². The van der Waals surface area contributed by atoms with Gasteiger partial charge in [-0.3, -0.25) is 4.79 Å². The van der Waals surface area contributed by atoms with Crippen molar-refractivity contribution in [1.29, 1.82) is 0 Å². The number of allylic oxidation sites excluding steroid dienone is 1. The van der Waals surface area contributed by atoms with E-state index in [2.05, 4.69) is 15.7 Å².